The Morgan fingerprint density at radius 3 is 1.83 bits per heavy atom. The van der Waals surface area contributed by atoms with Gasteiger partial charge in [0.1, 0.15) is 24.7 Å². The Morgan fingerprint density at radius 2 is 1.25 bits per heavy atom. The van der Waals surface area contributed by atoms with E-state index in [1.54, 1.807) is 32.9 Å². The summed E-state index contributed by atoms with van der Waals surface area (Å²) in [6.07, 6.45) is 1.17. The van der Waals surface area contributed by atoms with E-state index in [9.17, 15) is 14.4 Å². The van der Waals surface area contributed by atoms with Crippen LogP contribution in [0.15, 0.2) is 78.9 Å². The topological polar surface area (TPSA) is 88.1 Å². The molecule has 0 amide bonds. The number of esters is 3. The Morgan fingerprint density at radius 1 is 0.694 bits per heavy atom. The maximum atomic E-state index is 11.7. The van der Waals surface area contributed by atoms with E-state index in [0.717, 1.165) is 16.7 Å². The SMILES string of the molecule is C=C(C)C(=O)OCCCc1cc(-c2ccc(OC(=O)C(=C)C)cc2)ccc1OCCOC(=O)C(=C)C. The molecule has 0 aliphatic carbocycles. The fourth-order valence-corrected chi connectivity index (χ4v) is 2.96. The molecule has 2 rings (SSSR count). The second-order valence-corrected chi connectivity index (χ2v) is 8.30. The Bertz CT molecular complexity index is 1140. The summed E-state index contributed by atoms with van der Waals surface area (Å²) < 4.78 is 21.4. The predicted molar refractivity (Wildman–Crippen MR) is 138 cm³/mol. The Balaban J connectivity index is 2.14. The van der Waals surface area contributed by atoms with Crippen LogP contribution in [-0.2, 0) is 30.3 Å². The van der Waals surface area contributed by atoms with Crippen molar-refractivity contribution >= 4 is 17.9 Å². The molecule has 0 bridgehead atoms. The van der Waals surface area contributed by atoms with Crippen LogP contribution in [0.3, 0.4) is 0 Å². The Kier molecular flexibility index (Phi) is 10.7. The predicted octanol–water partition coefficient (Wildman–Crippen LogP) is 5.39. The van der Waals surface area contributed by atoms with Crippen LogP contribution in [-0.4, -0.2) is 37.7 Å². The molecule has 0 saturated carbocycles. The van der Waals surface area contributed by atoms with Crippen LogP contribution >= 0.6 is 0 Å². The van der Waals surface area contributed by atoms with Gasteiger partial charge in [-0.3, -0.25) is 0 Å². The van der Waals surface area contributed by atoms with E-state index in [1.165, 1.54) is 0 Å². The molecule has 0 heterocycles. The van der Waals surface area contributed by atoms with Gasteiger partial charge in [-0.05, 0) is 74.6 Å². The first-order chi connectivity index (χ1) is 17.1. The molecular formula is C29H32O7. The smallest absolute Gasteiger partial charge is 0.338 e. The summed E-state index contributed by atoms with van der Waals surface area (Å²) in [5.74, 6) is -0.301. The zero-order valence-electron chi connectivity index (χ0n) is 21.1. The van der Waals surface area contributed by atoms with Gasteiger partial charge in [0.05, 0.1) is 6.61 Å². The number of ether oxygens (including phenoxy) is 4. The number of hydrogen-bond donors (Lipinski definition) is 0. The zero-order valence-corrected chi connectivity index (χ0v) is 21.1. The molecule has 0 N–H and O–H groups in total. The van der Waals surface area contributed by atoms with Gasteiger partial charge in [0.15, 0.2) is 0 Å². The molecule has 190 valence electrons. The van der Waals surface area contributed by atoms with Gasteiger partial charge in [0.25, 0.3) is 0 Å². The highest BCUT2D eigenvalue weighted by molar-refractivity contribution is 5.89. The standard InChI is InChI=1S/C29H32O7/c1-19(2)27(30)34-15-7-8-24-18-23(11-14-26(24)33-16-17-35-28(31)20(3)4)22-9-12-25(13-10-22)36-29(32)21(5)6/h9-14,18H,1,3,5,7-8,15-17H2,2,4,6H3. The monoisotopic (exact) mass is 492 g/mol. The molecule has 0 fully saturated rings. The van der Waals surface area contributed by atoms with Gasteiger partial charge in [-0.1, -0.05) is 37.9 Å². The molecule has 0 spiro atoms. The number of aryl methyl sites for hydroxylation is 1. The number of hydrogen-bond acceptors (Lipinski definition) is 7. The maximum absolute atomic E-state index is 11.7. The number of benzene rings is 2. The van der Waals surface area contributed by atoms with Crippen molar-refractivity contribution in [3.05, 3.63) is 84.5 Å². The largest absolute Gasteiger partial charge is 0.490 e. The van der Waals surface area contributed by atoms with Gasteiger partial charge in [0.2, 0.25) is 0 Å². The quantitative estimate of drug-likeness (QED) is 0.160. The van der Waals surface area contributed by atoms with E-state index in [4.69, 9.17) is 18.9 Å². The van der Waals surface area contributed by atoms with Gasteiger partial charge in [0, 0.05) is 16.7 Å². The molecule has 0 aromatic heterocycles. The minimum absolute atomic E-state index is 0.0907. The van der Waals surface area contributed by atoms with Gasteiger partial charge in [-0.2, -0.15) is 0 Å². The van der Waals surface area contributed by atoms with E-state index < -0.39 is 17.9 Å². The summed E-state index contributed by atoms with van der Waals surface area (Å²) in [7, 11) is 0. The average molecular weight is 493 g/mol. The van der Waals surface area contributed by atoms with Crippen LogP contribution < -0.4 is 9.47 Å². The van der Waals surface area contributed by atoms with Crippen LogP contribution in [0.5, 0.6) is 11.5 Å². The van der Waals surface area contributed by atoms with Gasteiger partial charge < -0.3 is 18.9 Å². The third kappa shape index (κ3) is 8.91. The fraction of sp³-hybridized carbons (Fsp3) is 0.276. The lowest BCUT2D eigenvalue weighted by molar-refractivity contribution is -0.140. The van der Waals surface area contributed by atoms with Crippen molar-refractivity contribution in [1.82, 2.24) is 0 Å². The van der Waals surface area contributed by atoms with Crippen LogP contribution in [0, 0.1) is 0 Å². The Labute approximate surface area is 212 Å². The highest BCUT2D eigenvalue weighted by Gasteiger charge is 2.11. The molecule has 36 heavy (non-hydrogen) atoms. The summed E-state index contributed by atoms with van der Waals surface area (Å²) >= 11 is 0. The molecule has 0 saturated heterocycles. The number of carbonyl (C=O) groups is 3. The molecule has 0 unspecified atom stereocenters. The van der Waals surface area contributed by atoms with Crippen LogP contribution in [0.25, 0.3) is 11.1 Å². The van der Waals surface area contributed by atoms with Crippen molar-refractivity contribution in [2.45, 2.75) is 33.6 Å². The first-order valence-electron chi connectivity index (χ1n) is 11.5. The molecule has 0 aliphatic rings. The molecule has 7 heteroatoms. The van der Waals surface area contributed by atoms with Crippen LogP contribution in [0.1, 0.15) is 32.8 Å². The Hall–Kier alpha value is -4.13. The summed E-state index contributed by atoms with van der Waals surface area (Å²) in [6.45, 7) is 16.0. The third-order valence-corrected chi connectivity index (χ3v) is 4.90. The normalized spacial score (nSPS) is 10.2. The maximum Gasteiger partial charge on any atom is 0.338 e. The molecule has 0 atom stereocenters. The third-order valence-electron chi connectivity index (χ3n) is 4.90. The molecule has 7 nitrogen and oxygen atoms in total. The van der Waals surface area contributed by atoms with E-state index in [1.807, 2.05) is 30.3 Å². The summed E-state index contributed by atoms with van der Waals surface area (Å²) in [4.78, 5) is 34.9. The highest BCUT2D eigenvalue weighted by atomic mass is 16.6. The number of rotatable bonds is 13. The summed E-state index contributed by atoms with van der Waals surface area (Å²) in [5.41, 5.74) is 3.75. The number of carbonyl (C=O) groups excluding carboxylic acids is 3. The van der Waals surface area contributed by atoms with Gasteiger partial charge in [-0.15, -0.1) is 0 Å². The average Bonchev–Trinajstić information content (AvgIpc) is 2.84. The molecule has 2 aromatic rings. The molecule has 0 aliphatic heterocycles. The van der Waals surface area contributed by atoms with Crippen molar-refractivity contribution in [2.75, 3.05) is 19.8 Å². The van der Waals surface area contributed by atoms with Crippen molar-refractivity contribution < 1.29 is 33.3 Å². The first kappa shape index (κ1) is 28.1. The lowest BCUT2D eigenvalue weighted by atomic mass is 10.00. The first-order valence-corrected chi connectivity index (χ1v) is 11.5. The molecular weight excluding hydrogens is 460 g/mol. The van der Waals surface area contributed by atoms with E-state index in [2.05, 4.69) is 19.7 Å². The van der Waals surface area contributed by atoms with Crippen LogP contribution in [0.4, 0.5) is 0 Å². The van der Waals surface area contributed by atoms with Crippen LogP contribution in [0.2, 0.25) is 0 Å². The highest BCUT2D eigenvalue weighted by Crippen LogP contribution is 2.29. The van der Waals surface area contributed by atoms with Crippen molar-refractivity contribution in [3.63, 3.8) is 0 Å². The molecule has 2 aromatic carbocycles. The van der Waals surface area contributed by atoms with Crippen molar-refractivity contribution in [2.24, 2.45) is 0 Å². The lowest BCUT2D eigenvalue weighted by Gasteiger charge is -2.14. The minimum Gasteiger partial charge on any atom is -0.490 e. The van der Waals surface area contributed by atoms with E-state index in [0.29, 0.717) is 41.1 Å². The van der Waals surface area contributed by atoms with Gasteiger partial charge in [-0.25, -0.2) is 14.4 Å². The summed E-state index contributed by atoms with van der Waals surface area (Å²) in [6, 6.07) is 12.9. The van der Waals surface area contributed by atoms with E-state index >= 15 is 0 Å². The van der Waals surface area contributed by atoms with Crippen molar-refractivity contribution in [1.29, 1.82) is 0 Å². The zero-order chi connectivity index (χ0) is 26.7. The summed E-state index contributed by atoms with van der Waals surface area (Å²) in [5, 5.41) is 0. The van der Waals surface area contributed by atoms with Crippen molar-refractivity contribution in [3.8, 4) is 22.6 Å². The minimum atomic E-state index is -0.479. The van der Waals surface area contributed by atoms with Gasteiger partial charge >= 0.3 is 17.9 Å². The molecule has 0 radical (unpaired) electrons. The fourth-order valence-electron chi connectivity index (χ4n) is 2.96. The second-order valence-electron chi connectivity index (χ2n) is 8.30. The van der Waals surface area contributed by atoms with E-state index in [-0.39, 0.29) is 19.8 Å². The second kappa shape index (κ2) is 13.7. The lowest BCUT2D eigenvalue weighted by Crippen LogP contribution is -2.13.